The van der Waals surface area contributed by atoms with Gasteiger partial charge in [0.25, 0.3) is 11.8 Å². The van der Waals surface area contributed by atoms with Crippen LogP contribution in [-0.2, 0) is 4.79 Å². The number of nitrogens with one attached hydrogen (secondary N) is 1. The number of amides is 2. The first-order valence-electron chi connectivity index (χ1n) is 8.36. The first-order valence-corrected chi connectivity index (χ1v) is 8.36. The van der Waals surface area contributed by atoms with Crippen LogP contribution >= 0.6 is 0 Å². The SMILES string of the molecule is COc1ccc(C(NC(=O)c2ccc(OCC(N)=O)cc2)C(C)C)cc1. The minimum Gasteiger partial charge on any atom is -0.497 e. The van der Waals surface area contributed by atoms with Crippen molar-refractivity contribution < 1.29 is 19.1 Å². The predicted octanol–water partition coefficient (Wildman–Crippen LogP) is 2.69. The van der Waals surface area contributed by atoms with Crippen molar-refractivity contribution in [2.24, 2.45) is 11.7 Å². The molecule has 3 N–H and O–H groups in total. The number of benzene rings is 2. The van der Waals surface area contributed by atoms with Gasteiger partial charge in [0.05, 0.1) is 13.2 Å². The highest BCUT2D eigenvalue weighted by Gasteiger charge is 2.19. The molecular formula is C20H24N2O4. The number of rotatable bonds is 8. The second-order valence-electron chi connectivity index (χ2n) is 6.25. The topological polar surface area (TPSA) is 90.7 Å². The zero-order valence-corrected chi connectivity index (χ0v) is 15.2. The second kappa shape index (κ2) is 8.89. The molecule has 6 heteroatoms. The molecule has 0 aliphatic heterocycles. The minimum absolute atomic E-state index is 0.126. The molecule has 0 aliphatic rings. The smallest absolute Gasteiger partial charge is 0.255 e. The molecular weight excluding hydrogens is 332 g/mol. The number of ether oxygens (including phenoxy) is 2. The Kier molecular flexibility index (Phi) is 6.60. The first kappa shape index (κ1) is 19.3. The fourth-order valence-corrected chi connectivity index (χ4v) is 2.53. The Balaban J connectivity index is 2.08. The number of hydrogen-bond acceptors (Lipinski definition) is 4. The highest BCUT2D eigenvalue weighted by Crippen LogP contribution is 2.24. The molecule has 138 valence electrons. The highest BCUT2D eigenvalue weighted by atomic mass is 16.5. The van der Waals surface area contributed by atoms with Crippen molar-refractivity contribution in [3.8, 4) is 11.5 Å². The maximum absolute atomic E-state index is 12.6. The van der Waals surface area contributed by atoms with Gasteiger partial charge in [0.15, 0.2) is 6.61 Å². The fraction of sp³-hybridized carbons (Fsp3) is 0.300. The molecule has 0 fully saturated rings. The zero-order chi connectivity index (χ0) is 19.1. The third-order valence-electron chi connectivity index (χ3n) is 3.93. The van der Waals surface area contributed by atoms with Gasteiger partial charge >= 0.3 is 0 Å². The summed E-state index contributed by atoms with van der Waals surface area (Å²) in [5.74, 6) is 0.739. The summed E-state index contributed by atoms with van der Waals surface area (Å²) < 4.78 is 10.4. The largest absolute Gasteiger partial charge is 0.497 e. The lowest BCUT2D eigenvalue weighted by atomic mass is 9.95. The van der Waals surface area contributed by atoms with Gasteiger partial charge in [-0.25, -0.2) is 0 Å². The highest BCUT2D eigenvalue weighted by molar-refractivity contribution is 5.94. The van der Waals surface area contributed by atoms with Crippen molar-refractivity contribution in [3.05, 3.63) is 59.7 Å². The predicted molar refractivity (Wildman–Crippen MR) is 99.2 cm³/mol. The van der Waals surface area contributed by atoms with Crippen LogP contribution < -0.4 is 20.5 Å². The van der Waals surface area contributed by atoms with E-state index in [1.807, 2.05) is 24.3 Å². The van der Waals surface area contributed by atoms with Crippen molar-refractivity contribution in [1.29, 1.82) is 0 Å². The second-order valence-corrected chi connectivity index (χ2v) is 6.25. The van der Waals surface area contributed by atoms with Gasteiger partial charge in [-0.15, -0.1) is 0 Å². The Bertz CT molecular complexity index is 739. The molecule has 0 bridgehead atoms. The molecule has 0 heterocycles. The van der Waals surface area contributed by atoms with Crippen LogP contribution in [0.2, 0.25) is 0 Å². The molecule has 0 aromatic heterocycles. The van der Waals surface area contributed by atoms with Crippen molar-refractivity contribution in [2.45, 2.75) is 19.9 Å². The van der Waals surface area contributed by atoms with Crippen molar-refractivity contribution in [1.82, 2.24) is 5.32 Å². The van der Waals surface area contributed by atoms with Crippen LogP contribution in [-0.4, -0.2) is 25.5 Å². The van der Waals surface area contributed by atoms with Crippen LogP contribution in [0.3, 0.4) is 0 Å². The summed E-state index contributed by atoms with van der Waals surface area (Å²) >= 11 is 0. The Hall–Kier alpha value is -3.02. The average Bonchev–Trinajstić information content (AvgIpc) is 2.64. The van der Waals surface area contributed by atoms with Crippen LogP contribution in [0, 0.1) is 5.92 Å². The summed E-state index contributed by atoms with van der Waals surface area (Å²) in [6.07, 6.45) is 0. The van der Waals surface area contributed by atoms with Crippen LogP contribution in [0.5, 0.6) is 11.5 Å². The number of carbonyl (C=O) groups is 2. The molecule has 0 saturated carbocycles. The van der Waals surface area contributed by atoms with E-state index >= 15 is 0 Å². The maximum Gasteiger partial charge on any atom is 0.255 e. The van der Waals surface area contributed by atoms with E-state index in [0.717, 1.165) is 11.3 Å². The zero-order valence-electron chi connectivity index (χ0n) is 15.2. The Morgan fingerprint density at radius 1 is 1.00 bits per heavy atom. The summed E-state index contributed by atoms with van der Waals surface area (Å²) in [6.45, 7) is 3.91. The number of methoxy groups -OCH3 is 1. The summed E-state index contributed by atoms with van der Waals surface area (Å²) in [5.41, 5.74) is 6.56. The summed E-state index contributed by atoms with van der Waals surface area (Å²) in [6, 6.07) is 14.1. The Morgan fingerprint density at radius 3 is 2.08 bits per heavy atom. The first-order chi connectivity index (χ1) is 12.4. The van der Waals surface area contributed by atoms with Gasteiger partial charge in [0.2, 0.25) is 0 Å². The van der Waals surface area contributed by atoms with E-state index in [1.54, 1.807) is 31.4 Å². The van der Waals surface area contributed by atoms with Gasteiger partial charge in [-0.05, 0) is 47.9 Å². The molecule has 2 rings (SSSR count). The lowest BCUT2D eigenvalue weighted by Gasteiger charge is -2.23. The molecule has 26 heavy (non-hydrogen) atoms. The number of primary amides is 1. The molecule has 2 aromatic rings. The van der Waals surface area contributed by atoms with Gasteiger partial charge in [-0.3, -0.25) is 9.59 Å². The number of hydrogen-bond donors (Lipinski definition) is 2. The molecule has 0 radical (unpaired) electrons. The van der Waals surface area contributed by atoms with E-state index in [2.05, 4.69) is 19.2 Å². The van der Waals surface area contributed by atoms with E-state index in [0.29, 0.717) is 11.3 Å². The molecule has 2 aromatic carbocycles. The Labute approximate surface area is 153 Å². The molecule has 1 atom stereocenters. The van der Waals surface area contributed by atoms with Gasteiger partial charge in [0.1, 0.15) is 11.5 Å². The average molecular weight is 356 g/mol. The van der Waals surface area contributed by atoms with E-state index < -0.39 is 5.91 Å². The van der Waals surface area contributed by atoms with Gasteiger partial charge in [-0.1, -0.05) is 26.0 Å². The molecule has 2 amide bonds. The van der Waals surface area contributed by atoms with E-state index in [4.69, 9.17) is 15.2 Å². The van der Waals surface area contributed by atoms with Gasteiger partial charge in [0, 0.05) is 5.56 Å². The molecule has 6 nitrogen and oxygen atoms in total. The van der Waals surface area contributed by atoms with Crippen LogP contribution in [0.15, 0.2) is 48.5 Å². The maximum atomic E-state index is 12.6. The lowest BCUT2D eigenvalue weighted by Crippen LogP contribution is -2.31. The third kappa shape index (κ3) is 5.24. The number of nitrogens with two attached hydrogens (primary N) is 1. The van der Waals surface area contributed by atoms with E-state index in [9.17, 15) is 9.59 Å². The number of carbonyl (C=O) groups excluding carboxylic acids is 2. The fourth-order valence-electron chi connectivity index (χ4n) is 2.53. The van der Waals surface area contributed by atoms with E-state index in [1.165, 1.54) is 0 Å². The molecule has 1 unspecified atom stereocenters. The third-order valence-corrected chi connectivity index (χ3v) is 3.93. The Morgan fingerprint density at radius 2 is 1.58 bits per heavy atom. The minimum atomic E-state index is -0.550. The summed E-state index contributed by atoms with van der Waals surface area (Å²) in [5, 5.41) is 3.06. The summed E-state index contributed by atoms with van der Waals surface area (Å²) in [4.78, 5) is 23.3. The van der Waals surface area contributed by atoms with Gasteiger partial charge < -0.3 is 20.5 Å². The normalized spacial score (nSPS) is 11.7. The quantitative estimate of drug-likeness (QED) is 0.761. The van der Waals surface area contributed by atoms with Crippen LogP contribution in [0.25, 0.3) is 0 Å². The standard InChI is InChI=1S/C20H24N2O4/c1-13(2)19(14-4-8-16(25-3)9-5-14)22-20(24)15-6-10-17(11-7-15)26-12-18(21)23/h4-11,13,19H,12H2,1-3H3,(H2,21,23)(H,22,24). The molecule has 0 aliphatic carbocycles. The van der Waals surface area contributed by atoms with Crippen LogP contribution in [0.4, 0.5) is 0 Å². The summed E-state index contributed by atoms with van der Waals surface area (Å²) in [7, 11) is 1.62. The van der Waals surface area contributed by atoms with Gasteiger partial charge in [-0.2, -0.15) is 0 Å². The van der Waals surface area contributed by atoms with Crippen molar-refractivity contribution in [2.75, 3.05) is 13.7 Å². The lowest BCUT2D eigenvalue weighted by molar-refractivity contribution is -0.119. The van der Waals surface area contributed by atoms with Crippen LogP contribution in [0.1, 0.15) is 35.8 Å². The monoisotopic (exact) mass is 356 g/mol. The van der Waals surface area contributed by atoms with Crippen molar-refractivity contribution >= 4 is 11.8 Å². The molecule has 0 spiro atoms. The van der Waals surface area contributed by atoms with E-state index in [-0.39, 0.29) is 24.5 Å². The molecule has 0 saturated heterocycles. The van der Waals surface area contributed by atoms with Crippen molar-refractivity contribution in [3.63, 3.8) is 0 Å².